The van der Waals surface area contributed by atoms with Crippen LogP contribution in [0.5, 0.6) is 0 Å². The quantitative estimate of drug-likeness (QED) is 0.655. The number of hydrogen-bond donors (Lipinski definition) is 1. The lowest BCUT2D eigenvalue weighted by molar-refractivity contribution is -0.158. The standard InChI is InChI=1S/C17H25NO6/c1-9(2)23-15(20)13-10(3)14(18-11(13)4)16(21)22-8-12(19)24-17(5,6)7/h9,18H,8H2,1-7H3. The summed E-state index contributed by atoms with van der Waals surface area (Å²) in [5, 5.41) is 0. The van der Waals surface area contributed by atoms with E-state index in [1.807, 2.05) is 0 Å². The average molecular weight is 339 g/mol. The highest BCUT2D eigenvalue weighted by atomic mass is 16.6. The highest BCUT2D eigenvalue weighted by Gasteiger charge is 2.25. The van der Waals surface area contributed by atoms with Crippen LogP contribution in [0.25, 0.3) is 0 Å². The molecule has 7 nitrogen and oxygen atoms in total. The van der Waals surface area contributed by atoms with Crippen molar-refractivity contribution in [3.05, 3.63) is 22.5 Å². The molecule has 1 aromatic heterocycles. The monoisotopic (exact) mass is 339 g/mol. The third-order valence-corrected chi connectivity index (χ3v) is 2.93. The second-order valence-corrected chi connectivity index (χ2v) is 6.74. The van der Waals surface area contributed by atoms with Gasteiger partial charge in [-0.2, -0.15) is 0 Å². The molecule has 0 fully saturated rings. The number of hydrogen-bond acceptors (Lipinski definition) is 6. The van der Waals surface area contributed by atoms with Crippen LogP contribution in [-0.2, 0) is 19.0 Å². The van der Waals surface area contributed by atoms with Gasteiger partial charge in [-0.25, -0.2) is 14.4 Å². The number of ether oxygens (including phenoxy) is 3. The number of aryl methyl sites for hydroxylation is 1. The SMILES string of the molecule is Cc1[nH]c(C(=O)OCC(=O)OC(C)(C)C)c(C)c1C(=O)OC(C)C. The molecule has 0 saturated carbocycles. The van der Waals surface area contributed by atoms with Crippen molar-refractivity contribution in [1.29, 1.82) is 0 Å². The Balaban J connectivity index is 2.82. The number of H-pyrrole nitrogens is 1. The molecule has 0 saturated heterocycles. The van der Waals surface area contributed by atoms with Crippen LogP contribution >= 0.6 is 0 Å². The van der Waals surface area contributed by atoms with Crippen molar-refractivity contribution >= 4 is 17.9 Å². The number of aromatic amines is 1. The van der Waals surface area contributed by atoms with Crippen molar-refractivity contribution in [3.8, 4) is 0 Å². The van der Waals surface area contributed by atoms with Gasteiger partial charge in [0.1, 0.15) is 11.3 Å². The van der Waals surface area contributed by atoms with Crippen LogP contribution in [0.1, 0.15) is 66.7 Å². The topological polar surface area (TPSA) is 94.7 Å². The summed E-state index contributed by atoms with van der Waals surface area (Å²) in [5.41, 5.74) is 0.685. The van der Waals surface area contributed by atoms with Gasteiger partial charge in [-0.3, -0.25) is 0 Å². The Morgan fingerprint density at radius 3 is 2.17 bits per heavy atom. The minimum absolute atomic E-state index is 0.117. The van der Waals surface area contributed by atoms with Crippen LogP contribution in [0.2, 0.25) is 0 Å². The molecule has 1 N–H and O–H groups in total. The van der Waals surface area contributed by atoms with Crippen LogP contribution in [-0.4, -0.2) is 41.2 Å². The minimum atomic E-state index is -0.731. The zero-order valence-corrected chi connectivity index (χ0v) is 15.2. The molecular weight excluding hydrogens is 314 g/mol. The Morgan fingerprint density at radius 2 is 1.67 bits per heavy atom. The van der Waals surface area contributed by atoms with Crippen molar-refractivity contribution in [2.45, 2.75) is 60.2 Å². The molecule has 0 spiro atoms. The lowest BCUT2D eigenvalue weighted by atomic mass is 10.1. The highest BCUT2D eigenvalue weighted by Crippen LogP contribution is 2.20. The van der Waals surface area contributed by atoms with Gasteiger partial charge >= 0.3 is 17.9 Å². The van der Waals surface area contributed by atoms with E-state index < -0.39 is 30.1 Å². The molecule has 1 rings (SSSR count). The van der Waals surface area contributed by atoms with E-state index in [4.69, 9.17) is 14.2 Å². The van der Waals surface area contributed by atoms with E-state index in [1.165, 1.54) is 0 Å². The predicted octanol–water partition coefficient (Wildman–Crippen LogP) is 2.70. The van der Waals surface area contributed by atoms with Gasteiger partial charge in [-0.05, 0) is 54.0 Å². The number of esters is 3. The number of aromatic nitrogens is 1. The third-order valence-electron chi connectivity index (χ3n) is 2.93. The Labute approximate surface area is 141 Å². The Bertz CT molecular complexity index is 636. The number of carbonyl (C=O) groups excluding carboxylic acids is 3. The molecule has 24 heavy (non-hydrogen) atoms. The maximum Gasteiger partial charge on any atom is 0.355 e. The van der Waals surface area contributed by atoms with Crippen LogP contribution in [0, 0.1) is 13.8 Å². The molecule has 1 heterocycles. The first kappa shape index (κ1) is 19.7. The van der Waals surface area contributed by atoms with Crippen LogP contribution in [0.4, 0.5) is 0 Å². The first-order valence-electron chi connectivity index (χ1n) is 7.71. The Kier molecular flexibility index (Phi) is 6.17. The summed E-state index contributed by atoms with van der Waals surface area (Å²) in [4.78, 5) is 38.6. The summed E-state index contributed by atoms with van der Waals surface area (Å²) in [7, 11) is 0. The van der Waals surface area contributed by atoms with Gasteiger partial charge < -0.3 is 19.2 Å². The van der Waals surface area contributed by atoms with Gasteiger partial charge in [0.25, 0.3) is 0 Å². The van der Waals surface area contributed by atoms with Crippen molar-refractivity contribution in [1.82, 2.24) is 4.98 Å². The second-order valence-electron chi connectivity index (χ2n) is 6.74. The van der Waals surface area contributed by atoms with Crippen LogP contribution < -0.4 is 0 Å². The molecule has 0 aliphatic carbocycles. The molecule has 1 aromatic rings. The summed E-state index contributed by atoms with van der Waals surface area (Å²) >= 11 is 0. The summed E-state index contributed by atoms with van der Waals surface area (Å²) in [6.45, 7) is 11.4. The molecule has 0 radical (unpaired) electrons. The van der Waals surface area contributed by atoms with E-state index >= 15 is 0 Å². The molecule has 0 aliphatic rings. The summed E-state index contributed by atoms with van der Waals surface area (Å²) in [6.07, 6.45) is -0.270. The molecule has 0 bridgehead atoms. The average Bonchev–Trinajstić information content (AvgIpc) is 2.68. The zero-order valence-electron chi connectivity index (χ0n) is 15.2. The van der Waals surface area contributed by atoms with Gasteiger partial charge in [0.05, 0.1) is 11.7 Å². The number of nitrogens with one attached hydrogen (secondary N) is 1. The van der Waals surface area contributed by atoms with Gasteiger partial charge in [0, 0.05) is 5.69 Å². The van der Waals surface area contributed by atoms with E-state index in [0.29, 0.717) is 16.8 Å². The summed E-state index contributed by atoms with van der Waals surface area (Å²) in [6, 6.07) is 0. The molecule has 0 amide bonds. The molecule has 0 aromatic carbocycles. The molecule has 0 atom stereocenters. The van der Waals surface area contributed by atoms with E-state index in [-0.39, 0.29) is 11.8 Å². The van der Waals surface area contributed by atoms with Crippen LogP contribution in [0.15, 0.2) is 0 Å². The molecule has 0 unspecified atom stereocenters. The third kappa shape index (κ3) is 5.40. The number of carbonyl (C=O) groups is 3. The van der Waals surface area contributed by atoms with Gasteiger partial charge in [0.2, 0.25) is 0 Å². The van der Waals surface area contributed by atoms with Crippen LogP contribution in [0.3, 0.4) is 0 Å². The van der Waals surface area contributed by atoms with Gasteiger partial charge in [0.15, 0.2) is 6.61 Å². The van der Waals surface area contributed by atoms with Crippen molar-refractivity contribution < 1.29 is 28.6 Å². The maximum atomic E-state index is 12.1. The lowest BCUT2D eigenvalue weighted by Crippen LogP contribution is -2.27. The fourth-order valence-electron chi connectivity index (χ4n) is 2.10. The minimum Gasteiger partial charge on any atom is -0.459 e. The second kappa shape index (κ2) is 7.51. The van der Waals surface area contributed by atoms with Gasteiger partial charge in [-0.1, -0.05) is 0 Å². The lowest BCUT2D eigenvalue weighted by Gasteiger charge is -2.19. The Hall–Kier alpha value is -2.31. The fourth-order valence-corrected chi connectivity index (χ4v) is 2.10. The maximum absolute atomic E-state index is 12.1. The largest absolute Gasteiger partial charge is 0.459 e. The molecular formula is C17H25NO6. The molecule has 0 aliphatic heterocycles. The first-order valence-corrected chi connectivity index (χ1v) is 7.71. The normalized spacial score (nSPS) is 11.3. The highest BCUT2D eigenvalue weighted by molar-refractivity contribution is 5.99. The summed E-state index contributed by atoms with van der Waals surface area (Å²) in [5.74, 6) is -1.89. The fraction of sp³-hybridized carbons (Fsp3) is 0.588. The number of rotatable bonds is 5. The zero-order chi connectivity index (χ0) is 18.7. The van der Waals surface area contributed by atoms with Crippen molar-refractivity contribution in [2.75, 3.05) is 6.61 Å². The van der Waals surface area contributed by atoms with Gasteiger partial charge in [-0.15, -0.1) is 0 Å². The Morgan fingerprint density at radius 1 is 1.08 bits per heavy atom. The smallest absolute Gasteiger partial charge is 0.355 e. The first-order chi connectivity index (χ1) is 10.9. The molecule has 134 valence electrons. The van der Waals surface area contributed by atoms with E-state index in [0.717, 1.165) is 0 Å². The summed E-state index contributed by atoms with van der Waals surface area (Å²) < 4.78 is 15.2. The van der Waals surface area contributed by atoms with E-state index in [2.05, 4.69) is 4.98 Å². The predicted molar refractivity (Wildman–Crippen MR) is 86.9 cm³/mol. The molecule has 7 heteroatoms. The van der Waals surface area contributed by atoms with E-state index in [9.17, 15) is 14.4 Å². The van der Waals surface area contributed by atoms with E-state index in [1.54, 1.807) is 48.5 Å². The van der Waals surface area contributed by atoms with Crippen molar-refractivity contribution in [3.63, 3.8) is 0 Å². The van der Waals surface area contributed by atoms with Crippen molar-refractivity contribution in [2.24, 2.45) is 0 Å².